The maximum Gasteiger partial charge on any atom is 0.175 e. The lowest BCUT2D eigenvalue weighted by atomic mass is 9.97. The van der Waals surface area contributed by atoms with Crippen LogP contribution in [-0.2, 0) is 9.84 Å². The van der Waals surface area contributed by atoms with Crippen LogP contribution in [0.25, 0.3) is 0 Å². The van der Waals surface area contributed by atoms with Gasteiger partial charge in [0, 0.05) is 11.8 Å². The minimum absolute atomic E-state index is 0.230. The molecule has 0 heterocycles. The molecule has 0 fully saturated rings. The van der Waals surface area contributed by atoms with Crippen LogP contribution in [0.2, 0.25) is 0 Å². The van der Waals surface area contributed by atoms with Crippen LogP contribution in [0.5, 0.6) is 0 Å². The number of sulfone groups is 1. The highest BCUT2D eigenvalue weighted by Gasteiger charge is 2.18. The van der Waals surface area contributed by atoms with Crippen molar-refractivity contribution in [2.75, 3.05) is 13.3 Å². The van der Waals surface area contributed by atoms with Crippen LogP contribution in [0.15, 0.2) is 47.4 Å². The third kappa shape index (κ3) is 3.49. The molecule has 1 unspecified atom stereocenters. The summed E-state index contributed by atoms with van der Waals surface area (Å²) in [6.07, 6.45) is 1.16. The van der Waals surface area contributed by atoms with E-state index in [-0.39, 0.29) is 10.7 Å². The molecule has 0 radical (unpaired) electrons. The van der Waals surface area contributed by atoms with Crippen LogP contribution in [0.1, 0.15) is 22.7 Å². The number of benzene rings is 2. The lowest BCUT2D eigenvalue weighted by molar-refractivity contribution is 0.574. The zero-order valence-electron chi connectivity index (χ0n) is 12.2. The van der Waals surface area contributed by atoms with Gasteiger partial charge in [-0.3, -0.25) is 0 Å². The SMILES string of the molecule is CNC(c1cccc(S(C)(=O)=O)c1)c1cc(C)ccc1F. The molecule has 0 saturated carbocycles. The summed E-state index contributed by atoms with van der Waals surface area (Å²) in [5, 5.41) is 3.05. The van der Waals surface area contributed by atoms with Crippen molar-refractivity contribution in [3.05, 3.63) is 65.0 Å². The molecule has 5 heteroatoms. The molecule has 0 aliphatic heterocycles. The van der Waals surface area contributed by atoms with Crippen molar-refractivity contribution < 1.29 is 12.8 Å². The molecule has 0 aromatic heterocycles. The Labute approximate surface area is 124 Å². The fourth-order valence-corrected chi connectivity index (χ4v) is 2.99. The largest absolute Gasteiger partial charge is 0.309 e. The zero-order chi connectivity index (χ0) is 15.6. The van der Waals surface area contributed by atoms with Gasteiger partial charge in [-0.15, -0.1) is 0 Å². The molecule has 3 nitrogen and oxygen atoms in total. The van der Waals surface area contributed by atoms with Crippen molar-refractivity contribution in [1.29, 1.82) is 0 Å². The Balaban J connectivity index is 2.54. The van der Waals surface area contributed by atoms with E-state index in [1.165, 1.54) is 12.1 Å². The molecular weight excluding hydrogens is 289 g/mol. The van der Waals surface area contributed by atoms with E-state index < -0.39 is 15.9 Å². The first-order valence-corrected chi connectivity index (χ1v) is 8.45. The molecule has 0 aliphatic rings. The van der Waals surface area contributed by atoms with E-state index in [1.807, 2.05) is 6.92 Å². The Morgan fingerprint density at radius 1 is 1.14 bits per heavy atom. The smallest absolute Gasteiger partial charge is 0.175 e. The molecule has 0 spiro atoms. The molecular formula is C16H18FNO2S. The topological polar surface area (TPSA) is 46.2 Å². The molecule has 0 saturated heterocycles. The summed E-state index contributed by atoms with van der Waals surface area (Å²) in [5.74, 6) is -0.315. The standard InChI is InChI=1S/C16H18FNO2S/c1-11-7-8-15(17)14(9-11)16(18-2)12-5-4-6-13(10-12)21(3,19)20/h4-10,16,18H,1-3H3. The maximum atomic E-state index is 14.1. The molecule has 1 atom stereocenters. The van der Waals surface area contributed by atoms with Gasteiger partial charge in [0.25, 0.3) is 0 Å². The van der Waals surface area contributed by atoms with Gasteiger partial charge in [0.05, 0.1) is 10.9 Å². The number of hydrogen-bond donors (Lipinski definition) is 1. The highest BCUT2D eigenvalue weighted by Crippen LogP contribution is 2.26. The molecule has 112 valence electrons. The van der Waals surface area contributed by atoms with Crippen LogP contribution in [0, 0.1) is 12.7 Å². The monoisotopic (exact) mass is 307 g/mol. The minimum atomic E-state index is -3.29. The molecule has 0 bridgehead atoms. The Bertz CT molecular complexity index is 757. The van der Waals surface area contributed by atoms with Gasteiger partial charge in [-0.05, 0) is 37.7 Å². The average Bonchev–Trinajstić information content (AvgIpc) is 2.43. The van der Waals surface area contributed by atoms with Gasteiger partial charge in [0.2, 0.25) is 0 Å². The first-order valence-electron chi connectivity index (χ1n) is 6.56. The van der Waals surface area contributed by atoms with Crippen molar-refractivity contribution in [2.45, 2.75) is 17.9 Å². The molecule has 0 aliphatic carbocycles. The Kier molecular flexibility index (Phi) is 4.44. The normalized spacial score (nSPS) is 13.1. The van der Waals surface area contributed by atoms with Gasteiger partial charge in [-0.25, -0.2) is 12.8 Å². The maximum absolute atomic E-state index is 14.1. The van der Waals surface area contributed by atoms with E-state index in [0.717, 1.165) is 11.8 Å². The van der Waals surface area contributed by atoms with E-state index in [2.05, 4.69) is 5.32 Å². The number of hydrogen-bond acceptors (Lipinski definition) is 3. The van der Waals surface area contributed by atoms with Crippen LogP contribution in [0.3, 0.4) is 0 Å². The minimum Gasteiger partial charge on any atom is -0.309 e. The van der Waals surface area contributed by atoms with Crippen LogP contribution < -0.4 is 5.32 Å². The second-order valence-corrected chi connectivity index (χ2v) is 7.11. The number of rotatable bonds is 4. The Hall–Kier alpha value is -1.72. The van der Waals surface area contributed by atoms with Crippen molar-refractivity contribution in [3.63, 3.8) is 0 Å². The van der Waals surface area contributed by atoms with E-state index in [9.17, 15) is 12.8 Å². The number of aryl methyl sites for hydroxylation is 1. The average molecular weight is 307 g/mol. The van der Waals surface area contributed by atoms with E-state index >= 15 is 0 Å². The zero-order valence-corrected chi connectivity index (χ0v) is 13.0. The summed E-state index contributed by atoms with van der Waals surface area (Å²) in [4.78, 5) is 0.230. The third-order valence-corrected chi connectivity index (χ3v) is 4.48. The lowest BCUT2D eigenvalue weighted by Gasteiger charge is -2.19. The fraction of sp³-hybridized carbons (Fsp3) is 0.250. The first-order chi connectivity index (χ1) is 9.82. The van der Waals surface area contributed by atoms with E-state index in [0.29, 0.717) is 11.1 Å². The molecule has 2 rings (SSSR count). The summed E-state index contributed by atoms with van der Waals surface area (Å²) in [5.41, 5.74) is 2.17. The summed E-state index contributed by atoms with van der Waals surface area (Å²) in [6, 6.07) is 11.1. The van der Waals surface area contributed by atoms with Gasteiger partial charge >= 0.3 is 0 Å². The Morgan fingerprint density at radius 2 is 1.86 bits per heavy atom. The lowest BCUT2D eigenvalue weighted by Crippen LogP contribution is -2.19. The van der Waals surface area contributed by atoms with Gasteiger partial charge < -0.3 is 5.32 Å². The predicted molar refractivity (Wildman–Crippen MR) is 81.6 cm³/mol. The highest BCUT2D eigenvalue weighted by molar-refractivity contribution is 7.90. The van der Waals surface area contributed by atoms with Crippen molar-refractivity contribution in [3.8, 4) is 0 Å². The molecule has 21 heavy (non-hydrogen) atoms. The van der Waals surface area contributed by atoms with Gasteiger partial charge in [-0.1, -0.05) is 29.8 Å². The number of nitrogens with one attached hydrogen (secondary N) is 1. The van der Waals surface area contributed by atoms with Crippen molar-refractivity contribution in [1.82, 2.24) is 5.32 Å². The van der Waals surface area contributed by atoms with E-state index in [1.54, 1.807) is 37.4 Å². The predicted octanol–water partition coefficient (Wildman–Crippen LogP) is 2.85. The Morgan fingerprint density at radius 3 is 2.48 bits per heavy atom. The molecule has 2 aromatic rings. The van der Waals surface area contributed by atoms with Gasteiger partial charge in [0.15, 0.2) is 9.84 Å². The highest BCUT2D eigenvalue weighted by atomic mass is 32.2. The number of halogens is 1. The summed E-state index contributed by atoms with van der Waals surface area (Å²) in [7, 11) is -1.57. The van der Waals surface area contributed by atoms with Gasteiger partial charge in [-0.2, -0.15) is 0 Å². The summed E-state index contributed by atoms with van der Waals surface area (Å²) >= 11 is 0. The fourth-order valence-electron chi connectivity index (χ4n) is 2.31. The first kappa shape index (κ1) is 15.7. The molecule has 2 aromatic carbocycles. The van der Waals surface area contributed by atoms with Crippen molar-refractivity contribution >= 4 is 9.84 Å². The van der Waals surface area contributed by atoms with Crippen LogP contribution >= 0.6 is 0 Å². The van der Waals surface area contributed by atoms with Crippen LogP contribution in [-0.4, -0.2) is 21.7 Å². The third-order valence-electron chi connectivity index (χ3n) is 3.37. The van der Waals surface area contributed by atoms with E-state index in [4.69, 9.17) is 0 Å². The second kappa shape index (κ2) is 5.95. The quantitative estimate of drug-likeness (QED) is 0.945. The van der Waals surface area contributed by atoms with Crippen molar-refractivity contribution in [2.24, 2.45) is 0 Å². The second-order valence-electron chi connectivity index (χ2n) is 5.09. The van der Waals surface area contributed by atoms with Gasteiger partial charge in [0.1, 0.15) is 5.82 Å². The summed E-state index contributed by atoms with van der Waals surface area (Å²) in [6.45, 7) is 1.89. The summed E-state index contributed by atoms with van der Waals surface area (Å²) < 4.78 is 37.4. The molecule has 1 N–H and O–H groups in total. The molecule has 0 amide bonds. The van der Waals surface area contributed by atoms with Crippen LogP contribution in [0.4, 0.5) is 4.39 Å².